The third-order valence-corrected chi connectivity index (χ3v) is 0. The first-order valence-electron chi connectivity index (χ1n) is 0. The van der Waals surface area contributed by atoms with Crippen LogP contribution in [0.25, 0.3) is 0 Å². The quantitative estimate of drug-likeness (QED) is 0.354. The molecule has 5 heteroatoms. The molecular weight excluding hydrogens is 202 g/mol. The van der Waals surface area contributed by atoms with E-state index in [1.165, 1.54) is 0 Å². The number of hydrogen-bond donors (Lipinski definition) is 0. The summed E-state index contributed by atoms with van der Waals surface area (Å²) < 4.78 is 0. The van der Waals surface area contributed by atoms with Crippen molar-refractivity contribution < 1.29 is 28.8 Å². The van der Waals surface area contributed by atoms with E-state index >= 15 is 0 Å². The van der Waals surface area contributed by atoms with Crippen molar-refractivity contribution in [3.63, 3.8) is 0 Å². The van der Waals surface area contributed by atoms with Crippen molar-refractivity contribution in [1.29, 1.82) is 0 Å². The molecule has 0 aliphatic heterocycles. The van der Waals surface area contributed by atoms with Crippen LogP contribution in [-0.2, 0) is 0 Å². The zero-order valence-corrected chi connectivity index (χ0v) is 5.99. The van der Waals surface area contributed by atoms with Gasteiger partial charge in [-0.2, -0.15) is 0 Å². The maximum Gasteiger partial charge on any atom is 4.00 e. The normalized spacial score (nSPS) is 0. The Labute approximate surface area is 53.0 Å². The van der Waals surface area contributed by atoms with Crippen LogP contribution in [0.5, 0.6) is 0 Å². The molecule has 0 saturated heterocycles. The van der Waals surface area contributed by atoms with Gasteiger partial charge in [-0.25, -0.2) is 0 Å². The Morgan fingerprint density at radius 2 is 0.600 bits per heavy atom. The van der Waals surface area contributed by atoms with Gasteiger partial charge in [0.1, 0.15) is 0 Å². The van der Waals surface area contributed by atoms with E-state index in [1.807, 2.05) is 0 Å². The van der Waals surface area contributed by atoms with Crippen LogP contribution in [0.2, 0.25) is 0 Å². The molecule has 6 N–H and O–H groups in total. The van der Waals surface area contributed by atoms with Gasteiger partial charge in [0, 0.05) is 0 Å². The summed E-state index contributed by atoms with van der Waals surface area (Å²) in [6.45, 7) is 0. The van der Waals surface area contributed by atoms with Crippen molar-refractivity contribution in [3.05, 3.63) is 0 Å². The van der Waals surface area contributed by atoms with Crippen molar-refractivity contribution in [2.24, 2.45) is 0 Å². The standard InChI is InChI=1S/ClH.3H2O.Sn/h1H;3*1H2;/q;;;;+4/p-1. The first-order valence-corrected chi connectivity index (χ1v) is 0. The van der Waals surface area contributed by atoms with Crippen molar-refractivity contribution in [2.45, 2.75) is 0 Å². The molecule has 0 spiro atoms. The van der Waals surface area contributed by atoms with Gasteiger partial charge in [-0.1, -0.05) is 0 Å². The average Bonchev–Trinajstić information content (AvgIpc) is 0. The molecule has 0 rings (SSSR count). The van der Waals surface area contributed by atoms with E-state index in [-0.39, 0.29) is 52.7 Å². The van der Waals surface area contributed by atoms with Crippen molar-refractivity contribution >= 4 is 23.9 Å². The first-order chi connectivity index (χ1) is 0. The summed E-state index contributed by atoms with van der Waals surface area (Å²) in [5.74, 6) is 0. The van der Waals surface area contributed by atoms with Crippen LogP contribution >= 0.6 is 0 Å². The largest absolute Gasteiger partial charge is 4.00 e. The predicted molar refractivity (Wildman–Crippen MR) is 16.6 cm³/mol. The second-order valence-electron chi connectivity index (χ2n) is 0. The van der Waals surface area contributed by atoms with Crippen LogP contribution in [0.3, 0.4) is 0 Å². The van der Waals surface area contributed by atoms with E-state index < -0.39 is 0 Å². The Hall–Kier alpha value is 0.969. The summed E-state index contributed by atoms with van der Waals surface area (Å²) in [4.78, 5) is 0. The summed E-state index contributed by atoms with van der Waals surface area (Å²) in [5.41, 5.74) is 0. The molecule has 5 heavy (non-hydrogen) atoms. The van der Waals surface area contributed by atoms with Gasteiger partial charge in [0.25, 0.3) is 0 Å². The average molecular weight is 208 g/mol. The van der Waals surface area contributed by atoms with Gasteiger partial charge in [-0.3, -0.25) is 0 Å². The third-order valence-electron chi connectivity index (χ3n) is 0. The summed E-state index contributed by atoms with van der Waals surface area (Å²) in [6, 6.07) is 0. The molecule has 0 aliphatic carbocycles. The van der Waals surface area contributed by atoms with Gasteiger partial charge in [-0.05, 0) is 0 Å². The second kappa shape index (κ2) is 83.4. The SMILES string of the molecule is O.O.O.[Cl-].[Sn+4]. The Kier molecular flexibility index (Phi) is 2620. The molecule has 0 bridgehead atoms. The summed E-state index contributed by atoms with van der Waals surface area (Å²) in [6.07, 6.45) is 0. The van der Waals surface area contributed by atoms with Gasteiger partial charge in [-0.15, -0.1) is 0 Å². The Bertz CT molecular complexity index is 6.85. The molecule has 3 nitrogen and oxygen atoms in total. The van der Waals surface area contributed by atoms with Crippen LogP contribution in [0, 0.1) is 0 Å². The Morgan fingerprint density at radius 3 is 0.600 bits per heavy atom. The minimum absolute atomic E-state index is 0. The van der Waals surface area contributed by atoms with Crippen molar-refractivity contribution in [1.82, 2.24) is 0 Å². The fraction of sp³-hybridized carbons (Fsp3) is 0. The molecule has 0 aliphatic rings. The summed E-state index contributed by atoms with van der Waals surface area (Å²) in [7, 11) is 0. The first kappa shape index (κ1) is 157. The van der Waals surface area contributed by atoms with Crippen LogP contribution in [-0.4, -0.2) is 40.3 Å². The molecule has 0 saturated carbocycles. The minimum Gasteiger partial charge on any atom is -1.00 e. The van der Waals surface area contributed by atoms with E-state index in [1.54, 1.807) is 0 Å². The van der Waals surface area contributed by atoms with Gasteiger partial charge in [0.2, 0.25) is 0 Å². The molecule has 0 radical (unpaired) electrons. The van der Waals surface area contributed by atoms with Gasteiger partial charge in [0.15, 0.2) is 0 Å². The fourth-order valence-corrected chi connectivity index (χ4v) is 0. The van der Waals surface area contributed by atoms with Gasteiger partial charge < -0.3 is 28.8 Å². The third kappa shape index (κ3) is 46.7. The van der Waals surface area contributed by atoms with Crippen LogP contribution in [0.1, 0.15) is 0 Å². The van der Waals surface area contributed by atoms with E-state index in [0.717, 1.165) is 0 Å². The molecule has 0 heterocycles. The van der Waals surface area contributed by atoms with Crippen LogP contribution in [0.4, 0.5) is 0 Å². The zero-order valence-electron chi connectivity index (χ0n) is 2.38. The van der Waals surface area contributed by atoms with E-state index in [4.69, 9.17) is 0 Å². The van der Waals surface area contributed by atoms with Crippen molar-refractivity contribution in [2.75, 3.05) is 0 Å². The zero-order chi connectivity index (χ0) is 0. The smallest absolute Gasteiger partial charge is 1.00 e. The minimum atomic E-state index is 0. The number of rotatable bonds is 0. The maximum absolute atomic E-state index is 0. The topological polar surface area (TPSA) is 94.5 Å². The molecule has 0 unspecified atom stereocenters. The van der Waals surface area contributed by atoms with E-state index in [0.29, 0.717) is 0 Å². The van der Waals surface area contributed by atoms with Crippen LogP contribution < -0.4 is 12.4 Å². The monoisotopic (exact) mass is 209 g/mol. The molecule has 0 amide bonds. The number of halogens is 1. The predicted octanol–water partition coefficient (Wildman–Crippen LogP) is -5.85. The molecular formula is H6ClO3Sn+3. The van der Waals surface area contributed by atoms with Crippen molar-refractivity contribution in [3.8, 4) is 0 Å². The molecule has 0 atom stereocenters. The number of hydrogen-bond acceptors (Lipinski definition) is 0. The molecule has 0 aromatic heterocycles. The summed E-state index contributed by atoms with van der Waals surface area (Å²) in [5, 5.41) is 0. The molecule has 32 valence electrons. The molecule has 0 aromatic rings. The fourth-order valence-electron chi connectivity index (χ4n) is 0. The maximum atomic E-state index is 0. The molecule has 0 aromatic carbocycles. The second-order valence-corrected chi connectivity index (χ2v) is 0. The van der Waals surface area contributed by atoms with Gasteiger partial charge >= 0.3 is 23.9 Å². The Morgan fingerprint density at radius 1 is 0.600 bits per heavy atom. The van der Waals surface area contributed by atoms with E-state index in [2.05, 4.69) is 0 Å². The van der Waals surface area contributed by atoms with Gasteiger partial charge in [0.05, 0.1) is 0 Å². The van der Waals surface area contributed by atoms with E-state index in [9.17, 15) is 0 Å². The Balaban J connectivity index is 0. The summed E-state index contributed by atoms with van der Waals surface area (Å²) >= 11 is 0. The molecule has 0 fully saturated rings. The van der Waals surface area contributed by atoms with Crippen LogP contribution in [0.15, 0.2) is 0 Å².